The van der Waals surface area contributed by atoms with Crippen LogP contribution in [0, 0.1) is 6.92 Å². The third-order valence-electron chi connectivity index (χ3n) is 4.14. The number of fused-ring (bicyclic) bond motifs is 1. The van der Waals surface area contributed by atoms with Gasteiger partial charge in [-0.25, -0.2) is 0 Å². The van der Waals surface area contributed by atoms with Gasteiger partial charge in [-0.1, -0.05) is 30.0 Å². The Morgan fingerprint density at radius 2 is 2.13 bits per heavy atom. The van der Waals surface area contributed by atoms with Crippen molar-refractivity contribution < 1.29 is 9.21 Å². The minimum Gasteiger partial charge on any atom is -0.416 e. The number of benzene rings is 1. The third kappa shape index (κ3) is 2.67. The highest BCUT2D eigenvalue weighted by atomic mass is 32.2. The van der Waals surface area contributed by atoms with Crippen molar-refractivity contribution in [2.45, 2.75) is 43.1 Å². The van der Waals surface area contributed by atoms with Crippen LogP contribution >= 0.6 is 11.8 Å². The van der Waals surface area contributed by atoms with Crippen molar-refractivity contribution in [3.8, 4) is 0 Å². The van der Waals surface area contributed by atoms with Crippen LogP contribution in [0.3, 0.4) is 0 Å². The summed E-state index contributed by atoms with van der Waals surface area (Å²) < 4.78 is 5.64. The second-order valence-electron chi connectivity index (χ2n) is 5.98. The summed E-state index contributed by atoms with van der Waals surface area (Å²) in [5.41, 5.74) is 2.63. The summed E-state index contributed by atoms with van der Waals surface area (Å²) in [5.74, 6) is 1.21. The first-order chi connectivity index (χ1) is 11.1. The molecule has 0 unspecified atom stereocenters. The SMILES string of the molecule is Cc1[nH]c2ccccc2c1C(=O)[C@H](C)Sc1nnc(C2CC2)o1. The highest BCUT2D eigenvalue weighted by Gasteiger charge is 2.30. The zero-order valence-electron chi connectivity index (χ0n) is 13.0. The average molecular weight is 327 g/mol. The molecule has 1 aliphatic carbocycles. The Balaban J connectivity index is 1.58. The number of carbonyl (C=O) groups excluding carboxylic acids is 1. The van der Waals surface area contributed by atoms with Crippen LogP contribution in [0.4, 0.5) is 0 Å². The molecule has 0 radical (unpaired) electrons. The smallest absolute Gasteiger partial charge is 0.277 e. The van der Waals surface area contributed by atoms with E-state index in [0.717, 1.165) is 35.0 Å². The monoisotopic (exact) mass is 327 g/mol. The number of nitrogens with one attached hydrogen (secondary N) is 1. The highest BCUT2D eigenvalue weighted by molar-refractivity contribution is 8.00. The van der Waals surface area contributed by atoms with E-state index in [0.29, 0.717) is 17.0 Å². The van der Waals surface area contributed by atoms with Gasteiger partial charge < -0.3 is 9.40 Å². The average Bonchev–Trinajstić information content (AvgIpc) is 3.19. The second kappa shape index (κ2) is 5.53. The van der Waals surface area contributed by atoms with E-state index in [2.05, 4.69) is 15.2 Å². The maximum Gasteiger partial charge on any atom is 0.277 e. The van der Waals surface area contributed by atoms with E-state index in [1.165, 1.54) is 11.8 Å². The number of Topliss-reactive ketones (excluding diaryl/α,β-unsaturated/α-hetero) is 1. The van der Waals surface area contributed by atoms with E-state index in [4.69, 9.17) is 4.42 Å². The van der Waals surface area contributed by atoms with Gasteiger partial charge in [0.15, 0.2) is 5.78 Å². The van der Waals surface area contributed by atoms with Crippen LogP contribution in [-0.4, -0.2) is 26.2 Å². The Morgan fingerprint density at radius 1 is 1.35 bits per heavy atom. The molecule has 1 aromatic carbocycles. The van der Waals surface area contributed by atoms with Crippen molar-refractivity contribution in [2.24, 2.45) is 0 Å². The zero-order chi connectivity index (χ0) is 16.0. The Kier molecular flexibility index (Phi) is 3.49. The number of aryl methyl sites for hydroxylation is 1. The van der Waals surface area contributed by atoms with Gasteiger partial charge in [0.25, 0.3) is 5.22 Å². The van der Waals surface area contributed by atoms with Gasteiger partial charge in [-0.2, -0.15) is 0 Å². The summed E-state index contributed by atoms with van der Waals surface area (Å²) >= 11 is 1.33. The van der Waals surface area contributed by atoms with Crippen LogP contribution in [0.1, 0.15) is 47.6 Å². The molecule has 5 nitrogen and oxygen atoms in total. The maximum absolute atomic E-state index is 12.9. The number of carbonyl (C=O) groups is 1. The predicted octanol–water partition coefficient (Wildman–Crippen LogP) is 4.10. The summed E-state index contributed by atoms with van der Waals surface area (Å²) in [4.78, 5) is 16.1. The second-order valence-corrected chi connectivity index (χ2v) is 7.27. The summed E-state index contributed by atoms with van der Waals surface area (Å²) in [5, 5.41) is 9.28. The number of H-pyrrole nitrogens is 1. The first-order valence-electron chi connectivity index (χ1n) is 7.75. The number of ketones is 1. The number of aromatic nitrogens is 3. The quantitative estimate of drug-likeness (QED) is 0.564. The van der Waals surface area contributed by atoms with Gasteiger partial charge in [0.2, 0.25) is 5.89 Å². The maximum atomic E-state index is 12.9. The van der Waals surface area contributed by atoms with Crippen molar-refractivity contribution in [3.05, 3.63) is 41.4 Å². The van der Waals surface area contributed by atoms with E-state index < -0.39 is 0 Å². The van der Waals surface area contributed by atoms with E-state index in [1.54, 1.807) is 0 Å². The molecule has 0 aliphatic heterocycles. The minimum absolute atomic E-state index is 0.0797. The van der Waals surface area contributed by atoms with E-state index in [9.17, 15) is 4.79 Å². The summed E-state index contributed by atoms with van der Waals surface area (Å²) in [6, 6.07) is 7.87. The molecular weight excluding hydrogens is 310 g/mol. The van der Waals surface area contributed by atoms with Crippen molar-refractivity contribution in [3.63, 3.8) is 0 Å². The zero-order valence-corrected chi connectivity index (χ0v) is 13.8. The minimum atomic E-state index is -0.277. The van der Waals surface area contributed by atoms with Crippen LogP contribution in [0.25, 0.3) is 10.9 Å². The van der Waals surface area contributed by atoms with Crippen molar-refractivity contribution in [1.82, 2.24) is 15.2 Å². The lowest BCUT2D eigenvalue weighted by Gasteiger charge is -2.07. The number of hydrogen-bond acceptors (Lipinski definition) is 5. The lowest BCUT2D eigenvalue weighted by Crippen LogP contribution is -2.14. The topological polar surface area (TPSA) is 71.8 Å². The molecule has 0 saturated heterocycles. The van der Waals surface area contributed by atoms with Gasteiger partial charge in [0.1, 0.15) is 0 Å². The van der Waals surface area contributed by atoms with Crippen molar-refractivity contribution >= 4 is 28.4 Å². The molecule has 4 rings (SSSR count). The number of nitrogens with zero attached hydrogens (tertiary/aromatic N) is 2. The van der Waals surface area contributed by atoms with Gasteiger partial charge in [-0.3, -0.25) is 4.79 Å². The number of thioether (sulfide) groups is 1. The molecular formula is C17H17N3O2S. The molecule has 0 spiro atoms. The molecule has 0 bridgehead atoms. The van der Waals surface area contributed by atoms with Crippen molar-refractivity contribution in [2.75, 3.05) is 0 Å². The fourth-order valence-corrected chi connectivity index (χ4v) is 3.51. The summed E-state index contributed by atoms with van der Waals surface area (Å²) in [6.07, 6.45) is 2.24. The Morgan fingerprint density at radius 3 is 2.91 bits per heavy atom. The van der Waals surface area contributed by atoms with E-state index in [1.807, 2.05) is 38.1 Å². The fourth-order valence-electron chi connectivity index (χ4n) is 2.77. The molecule has 3 aromatic rings. The number of para-hydroxylation sites is 1. The van der Waals surface area contributed by atoms with Crippen LogP contribution in [0.15, 0.2) is 33.9 Å². The van der Waals surface area contributed by atoms with Gasteiger partial charge in [-0.05, 0) is 32.8 Å². The van der Waals surface area contributed by atoms with Crippen molar-refractivity contribution in [1.29, 1.82) is 0 Å². The number of aromatic amines is 1. The molecule has 0 amide bonds. The molecule has 118 valence electrons. The molecule has 2 aromatic heterocycles. The van der Waals surface area contributed by atoms with Gasteiger partial charge in [0, 0.05) is 28.1 Å². The Labute approximate surface area is 137 Å². The third-order valence-corrected chi connectivity index (χ3v) is 5.07. The summed E-state index contributed by atoms with van der Waals surface area (Å²) in [6.45, 7) is 3.82. The molecule has 1 fully saturated rings. The highest BCUT2D eigenvalue weighted by Crippen LogP contribution is 2.40. The van der Waals surface area contributed by atoms with Gasteiger partial charge >= 0.3 is 0 Å². The largest absolute Gasteiger partial charge is 0.416 e. The normalized spacial score (nSPS) is 15.9. The molecule has 23 heavy (non-hydrogen) atoms. The fraction of sp³-hybridized carbons (Fsp3) is 0.353. The molecule has 1 saturated carbocycles. The number of rotatable bonds is 5. The Bertz CT molecular complexity index is 879. The molecule has 2 heterocycles. The van der Waals surface area contributed by atoms with Crippen LogP contribution in [-0.2, 0) is 0 Å². The molecule has 1 N–H and O–H groups in total. The van der Waals surface area contributed by atoms with Crippen LogP contribution in [0.5, 0.6) is 0 Å². The van der Waals surface area contributed by atoms with E-state index >= 15 is 0 Å². The molecule has 1 atom stereocenters. The lowest BCUT2D eigenvalue weighted by molar-refractivity contribution is 0.0994. The first kappa shape index (κ1) is 14.5. The standard InChI is InChI=1S/C17H17N3O2S/c1-9-14(12-5-3-4-6-13(12)18-9)15(21)10(2)23-17-20-19-16(22-17)11-7-8-11/h3-6,10-11,18H,7-8H2,1-2H3/t10-/m0/s1. The number of hydrogen-bond donors (Lipinski definition) is 1. The summed E-state index contributed by atoms with van der Waals surface area (Å²) in [7, 11) is 0. The van der Waals surface area contributed by atoms with Crippen LogP contribution in [0.2, 0.25) is 0 Å². The first-order valence-corrected chi connectivity index (χ1v) is 8.63. The van der Waals surface area contributed by atoms with Crippen LogP contribution < -0.4 is 0 Å². The van der Waals surface area contributed by atoms with Gasteiger partial charge in [0.05, 0.1) is 5.25 Å². The Hall–Kier alpha value is -2.08. The molecule has 6 heteroatoms. The van der Waals surface area contributed by atoms with Gasteiger partial charge in [-0.15, -0.1) is 10.2 Å². The molecule has 1 aliphatic rings. The van der Waals surface area contributed by atoms with E-state index in [-0.39, 0.29) is 11.0 Å². The lowest BCUT2D eigenvalue weighted by atomic mass is 10.1. The predicted molar refractivity (Wildman–Crippen MR) is 89.0 cm³/mol.